The zero-order valence-electron chi connectivity index (χ0n) is 15.3. The molecule has 0 amide bonds. The molecule has 0 radical (unpaired) electrons. The maximum Gasteiger partial charge on any atom is 0.265 e. The van der Waals surface area contributed by atoms with Gasteiger partial charge in [-0.3, -0.25) is 9.36 Å². The van der Waals surface area contributed by atoms with E-state index in [0.29, 0.717) is 10.9 Å². The van der Waals surface area contributed by atoms with Gasteiger partial charge in [0.2, 0.25) is 0 Å². The molecule has 0 aliphatic rings. The lowest BCUT2D eigenvalue weighted by molar-refractivity contribution is 0.414. The topological polar surface area (TPSA) is 44.1 Å². The molecule has 0 aliphatic heterocycles. The Labute approximate surface area is 157 Å². The number of methoxy groups -OCH3 is 1. The Morgan fingerprint density at radius 1 is 0.889 bits per heavy atom. The number of rotatable bonds is 4. The van der Waals surface area contributed by atoms with Crippen LogP contribution in [0.25, 0.3) is 16.6 Å². The third kappa shape index (κ3) is 3.10. The van der Waals surface area contributed by atoms with E-state index in [1.807, 2.05) is 66.7 Å². The molecule has 0 unspecified atom stereocenters. The highest BCUT2D eigenvalue weighted by atomic mass is 16.5. The maximum atomic E-state index is 13.3. The summed E-state index contributed by atoms with van der Waals surface area (Å²) in [6.45, 7) is 2.08. The van der Waals surface area contributed by atoms with Crippen LogP contribution in [-0.2, 0) is 0 Å². The van der Waals surface area contributed by atoms with Gasteiger partial charge in [-0.05, 0) is 42.0 Å². The summed E-state index contributed by atoms with van der Waals surface area (Å²) in [6.07, 6.45) is 0. The van der Waals surface area contributed by atoms with Crippen molar-refractivity contribution in [2.45, 2.75) is 12.8 Å². The van der Waals surface area contributed by atoms with E-state index < -0.39 is 0 Å². The van der Waals surface area contributed by atoms with Crippen LogP contribution in [0.4, 0.5) is 0 Å². The number of hydrogen-bond acceptors (Lipinski definition) is 3. The number of nitrogens with zero attached hydrogens (tertiary/aromatic N) is 2. The van der Waals surface area contributed by atoms with Crippen LogP contribution in [0, 0.1) is 0 Å². The highest BCUT2D eigenvalue weighted by Gasteiger charge is 2.19. The van der Waals surface area contributed by atoms with Gasteiger partial charge in [-0.1, -0.05) is 49.4 Å². The molecule has 0 saturated carbocycles. The van der Waals surface area contributed by atoms with Crippen molar-refractivity contribution in [2.75, 3.05) is 7.11 Å². The first-order chi connectivity index (χ1) is 13.2. The molecule has 134 valence electrons. The van der Waals surface area contributed by atoms with Crippen LogP contribution in [0.5, 0.6) is 5.75 Å². The SMILES string of the molecule is COc1ccc(-n2c([C@H](C)c3ccccc3)nc3ccccc3c2=O)cc1. The Bertz CT molecular complexity index is 1130. The maximum absolute atomic E-state index is 13.3. The lowest BCUT2D eigenvalue weighted by atomic mass is 9.99. The lowest BCUT2D eigenvalue weighted by Crippen LogP contribution is -2.25. The zero-order valence-corrected chi connectivity index (χ0v) is 15.3. The molecule has 0 spiro atoms. The summed E-state index contributed by atoms with van der Waals surface area (Å²) in [5.74, 6) is 1.43. The summed E-state index contributed by atoms with van der Waals surface area (Å²) >= 11 is 0. The predicted octanol–water partition coefficient (Wildman–Crippen LogP) is 4.55. The molecule has 0 saturated heterocycles. The van der Waals surface area contributed by atoms with Crippen molar-refractivity contribution in [1.29, 1.82) is 0 Å². The Morgan fingerprint density at radius 3 is 2.26 bits per heavy atom. The quantitative estimate of drug-likeness (QED) is 0.539. The van der Waals surface area contributed by atoms with Crippen molar-refractivity contribution < 1.29 is 4.74 Å². The Balaban J connectivity index is 1.99. The van der Waals surface area contributed by atoms with Crippen LogP contribution in [-0.4, -0.2) is 16.7 Å². The van der Waals surface area contributed by atoms with E-state index >= 15 is 0 Å². The summed E-state index contributed by atoms with van der Waals surface area (Å²) in [5.41, 5.74) is 2.53. The number of ether oxygens (including phenoxy) is 1. The highest BCUT2D eigenvalue weighted by molar-refractivity contribution is 5.78. The number of fused-ring (bicyclic) bond motifs is 1. The minimum absolute atomic E-state index is 0.0365. The van der Waals surface area contributed by atoms with Gasteiger partial charge in [-0.2, -0.15) is 0 Å². The third-order valence-electron chi connectivity index (χ3n) is 4.82. The first-order valence-electron chi connectivity index (χ1n) is 8.90. The van der Waals surface area contributed by atoms with E-state index in [1.54, 1.807) is 11.7 Å². The first kappa shape index (κ1) is 17.0. The molecule has 4 heteroatoms. The van der Waals surface area contributed by atoms with Crippen molar-refractivity contribution in [3.8, 4) is 11.4 Å². The van der Waals surface area contributed by atoms with Crippen molar-refractivity contribution in [3.63, 3.8) is 0 Å². The molecule has 4 aromatic rings. The van der Waals surface area contributed by atoms with Crippen molar-refractivity contribution in [2.24, 2.45) is 0 Å². The fraction of sp³-hybridized carbons (Fsp3) is 0.130. The first-order valence-corrected chi connectivity index (χ1v) is 8.90. The van der Waals surface area contributed by atoms with Crippen LogP contribution >= 0.6 is 0 Å². The van der Waals surface area contributed by atoms with E-state index in [9.17, 15) is 4.79 Å². The predicted molar refractivity (Wildman–Crippen MR) is 108 cm³/mol. The summed E-state index contributed by atoms with van der Waals surface area (Å²) in [5, 5.41) is 0.609. The van der Waals surface area contributed by atoms with Gasteiger partial charge in [0.1, 0.15) is 11.6 Å². The average Bonchev–Trinajstić information content (AvgIpc) is 2.74. The smallest absolute Gasteiger partial charge is 0.265 e. The van der Waals surface area contributed by atoms with Gasteiger partial charge < -0.3 is 4.74 Å². The van der Waals surface area contributed by atoms with Crippen molar-refractivity contribution >= 4 is 10.9 Å². The molecule has 4 nitrogen and oxygen atoms in total. The summed E-state index contributed by atoms with van der Waals surface area (Å²) in [6, 6.07) is 25.1. The fourth-order valence-electron chi connectivity index (χ4n) is 3.31. The van der Waals surface area contributed by atoms with E-state index in [2.05, 4.69) is 19.1 Å². The lowest BCUT2D eigenvalue weighted by Gasteiger charge is -2.19. The second kappa shape index (κ2) is 7.08. The van der Waals surface area contributed by atoms with Gasteiger partial charge in [-0.15, -0.1) is 0 Å². The van der Waals surface area contributed by atoms with Crippen LogP contribution < -0.4 is 10.3 Å². The molecule has 27 heavy (non-hydrogen) atoms. The molecular weight excluding hydrogens is 336 g/mol. The minimum atomic E-state index is -0.0662. The Morgan fingerprint density at radius 2 is 1.56 bits per heavy atom. The van der Waals surface area contributed by atoms with E-state index in [0.717, 1.165) is 22.8 Å². The largest absolute Gasteiger partial charge is 0.497 e. The average molecular weight is 356 g/mol. The number of hydrogen-bond donors (Lipinski definition) is 0. The van der Waals surface area contributed by atoms with Gasteiger partial charge >= 0.3 is 0 Å². The molecule has 4 rings (SSSR count). The van der Waals surface area contributed by atoms with Crippen LogP contribution in [0.2, 0.25) is 0 Å². The molecule has 0 aliphatic carbocycles. The standard InChI is InChI=1S/C23H20N2O2/c1-16(17-8-4-3-5-9-17)22-24-21-11-7-6-10-20(21)23(26)25(22)18-12-14-19(27-2)15-13-18/h3-16H,1-2H3/t16-/m1/s1. The van der Waals surface area contributed by atoms with Gasteiger partial charge in [0, 0.05) is 5.92 Å². The number of benzene rings is 3. The van der Waals surface area contributed by atoms with E-state index in [-0.39, 0.29) is 11.5 Å². The second-order valence-corrected chi connectivity index (χ2v) is 6.46. The summed E-state index contributed by atoms with van der Waals surface area (Å²) in [7, 11) is 1.63. The fourth-order valence-corrected chi connectivity index (χ4v) is 3.31. The van der Waals surface area contributed by atoms with Crippen molar-refractivity contribution in [3.05, 3.63) is 101 Å². The molecule has 3 aromatic carbocycles. The molecule has 1 atom stereocenters. The monoisotopic (exact) mass is 356 g/mol. The van der Waals surface area contributed by atoms with Crippen LogP contribution in [0.1, 0.15) is 24.2 Å². The normalized spacial score (nSPS) is 12.1. The number of para-hydroxylation sites is 1. The van der Waals surface area contributed by atoms with Crippen LogP contribution in [0.3, 0.4) is 0 Å². The third-order valence-corrected chi connectivity index (χ3v) is 4.82. The Kier molecular flexibility index (Phi) is 4.47. The van der Waals surface area contributed by atoms with Gasteiger partial charge in [0.05, 0.1) is 23.7 Å². The number of aromatic nitrogens is 2. The van der Waals surface area contributed by atoms with Gasteiger partial charge in [0.15, 0.2) is 0 Å². The van der Waals surface area contributed by atoms with Crippen molar-refractivity contribution in [1.82, 2.24) is 9.55 Å². The highest BCUT2D eigenvalue weighted by Crippen LogP contribution is 2.26. The van der Waals surface area contributed by atoms with Gasteiger partial charge in [0.25, 0.3) is 5.56 Å². The zero-order chi connectivity index (χ0) is 18.8. The molecule has 0 N–H and O–H groups in total. The summed E-state index contributed by atoms with van der Waals surface area (Å²) in [4.78, 5) is 18.2. The second-order valence-electron chi connectivity index (χ2n) is 6.46. The van der Waals surface area contributed by atoms with Gasteiger partial charge in [-0.25, -0.2) is 4.98 Å². The summed E-state index contributed by atoms with van der Waals surface area (Å²) < 4.78 is 6.96. The minimum Gasteiger partial charge on any atom is -0.497 e. The van der Waals surface area contributed by atoms with E-state index in [1.165, 1.54) is 0 Å². The molecule has 1 aromatic heterocycles. The molecule has 1 heterocycles. The molecule has 0 bridgehead atoms. The molecule has 0 fully saturated rings. The van der Waals surface area contributed by atoms with E-state index in [4.69, 9.17) is 9.72 Å². The molecular formula is C23H20N2O2. The Hall–Kier alpha value is -3.40. The van der Waals surface area contributed by atoms with Crippen LogP contribution in [0.15, 0.2) is 83.7 Å².